The van der Waals surface area contributed by atoms with Gasteiger partial charge in [0.05, 0.1) is 0 Å². The van der Waals surface area contributed by atoms with Gasteiger partial charge in [-0.05, 0) is 53.0 Å². The standard InChI is InChI=1S/C12H21N3/c1-10(6-8-15(3)4)14-12-5-7-13-11(2)9-12/h5,7,9-10H,6,8H2,1-4H3,(H,13,14). The average molecular weight is 207 g/mol. The fourth-order valence-electron chi connectivity index (χ4n) is 1.44. The molecule has 1 aromatic rings. The van der Waals surface area contributed by atoms with Gasteiger partial charge in [-0.1, -0.05) is 0 Å². The van der Waals surface area contributed by atoms with Crippen LogP contribution in [0.25, 0.3) is 0 Å². The van der Waals surface area contributed by atoms with Gasteiger partial charge >= 0.3 is 0 Å². The predicted octanol–water partition coefficient (Wildman–Crippen LogP) is 2.14. The molecule has 0 spiro atoms. The molecular weight excluding hydrogens is 186 g/mol. The van der Waals surface area contributed by atoms with Crippen molar-refractivity contribution in [2.75, 3.05) is 26.0 Å². The van der Waals surface area contributed by atoms with Gasteiger partial charge in [0.15, 0.2) is 0 Å². The van der Waals surface area contributed by atoms with Gasteiger partial charge in [0.1, 0.15) is 0 Å². The second-order valence-electron chi connectivity index (χ2n) is 4.32. The van der Waals surface area contributed by atoms with E-state index in [1.807, 2.05) is 19.2 Å². The molecule has 1 unspecified atom stereocenters. The summed E-state index contributed by atoms with van der Waals surface area (Å²) in [5, 5.41) is 3.47. The van der Waals surface area contributed by atoms with E-state index in [9.17, 15) is 0 Å². The van der Waals surface area contributed by atoms with Gasteiger partial charge in [-0.25, -0.2) is 0 Å². The molecule has 0 fully saturated rings. The lowest BCUT2D eigenvalue weighted by atomic mass is 10.2. The largest absolute Gasteiger partial charge is 0.382 e. The molecule has 0 aliphatic heterocycles. The molecule has 3 nitrogen and oxygen atoms in total. The molecule has 0 aromatic carbocycles. The van der Waals surface area contributed by atoms with Crippen LogP contribution in [0.5, 0.6) is 0 Å². The van der Waals surface area contributed by atoms with Crippen LogP contribution in [0.1, 0.15) is 19.0 Å². The van der Waals surface area contributed by atoms with Crippen LogP contribution >= 0.6 is 0 Å². The van der Waals surface area contributed by atoms with E-state index in [1.54, 1.807) is 0 Å². The number of aromatic nitrogens is 1. The monoisotopic (exact) mass is 207 g/mol. The van der Waals surface area contributed by atoms with E-state index in [4.69, 9.17) is 0 Å². The topological polar surface area (TPSA) is 28.2 Å². The second-order valence-corrected chi connectivity index (χ2v) is 4.32. The summed E-state index contributed by atoms with van der Waals surface area (Å²) in [5.74, 6) is 0. The Hall–Kier alpha value is -1.09. The highest BCUT2D eigenvalue weighted by atomic mass is 15.1. The van der Waals surface area contributed by atoms with Gasteiger partial charge in [-0.2, -0.15) is 0 Å². The number of nitrogens with one attached hydrogen (secondary N) is 1. The first-order chi connectivity index (χ1) is 7.08. The molecule has 1 heterocycles. The average Bonchev–Trinajstić information content (AvgIpc) is 2.15. The first-order valence-corrected chi connectivity index (χ1v) is 5.42. The summed E-state index contributed by atoms with van der Waals surface area (Å²) in [5.41, 5.74) is 2.22. The molecule has 0 saturated heterocycles. The Morgan fingerprint density at radius 2 is 2.20 bits per heavy atom. The Morgan fingerprint density at radius 3 is 2.80 bits per heavy atom. The maximum absolute atomic E-state index is 4.17. The third kappa shape index (κ3) is 4.79. The fourth-order valence-corrected chi connectivity index (χ4v) is 1.44. The predicted molar refractivity (Wildman–Crippen MR) is 65.2 cm³/mol. The summed E-state index contributed by atoms with van der Waals surface area (Å²) in [6.07, 6.45) is 2.99. The van der Waals surface area contributed by atoms with Crippen LogP contribution in [0.4, 0.5) is 5.69 Å². The van der Waals surface area contributed by atoms with E-state index >= 15 is 0 Å². The lowest BCUT2D eigenvalue weighted by Gasteiger charge is -2.17. The van der Waals surface area contributed by atoms with E-state index in [-0.39, 0.29) is 0 Å². The zero-order valence-electron chi connectivity index (χ0n) is 10.1. The third-order valence-electron chi connectivity index (χ3n) is 2.32. The smallest absolute Gasteiger partial charge is 0.0393 e. The van der Waals surface area contributed by atoms with Gasteiger partial charge in [0.2, 0.25) is 0 Å². The fraction of sp³-hybridized carbons (Fsp3) is 0.583. The van der Waals surface area contributed by atoms with Gasteiger partial charge in [0.25, 0.3) is 0 Å². The Bertz CT molecular complexity index is 297. The van der Waals surface area contributed by atoms with Crippen LogP contribution in [0, 0.1) is 6.92 Å². The normalized spacial score (nSPS) is 12.9. The van der Waals surface area contributed by atoms with Crippen LogP contribution in [-0.2, 0) is 0 Å². The summed E-state index contributed by atoms with van der Waals surface area (Å²) >= 11 is 0. The van der Waals surface area contributed by atoms with Gasteiger partial charge < -0.3 is 10.2 Å². The van der Waals surface area contributed by atoms with Gasteiger partial charge in [-0.3, -0.25) is 4.98 Å². The quantitative estimate of drug-likeness (QED) is 0.802. The number of rotatable bonds is 5. The minimum absolute atomic E-state index is 0.495. The molecule has 84 valence electrons. The van der Waals surface area contributed by atoms with Crippen LogP contribution in [-0.4, -0.2) is 36.6 Å². The van der Waals surface area contributed by atoms with E-state index < -0.39 is 0 Å². The van der Waals surface area contributed by atoms with Crippen LogP contribution in [0.2, 0.25) is 0 Å². The Kier molecular flexibility index (Phi) is 4.56. The molecule has 3 heteroatoms. The lowest BCUT2D eigenvalue weighted by molar-refractivity contribution is 0.390. The minimum Gasteiger partial charge on any atom is -0.382 e. The molecule has 0 aliphatic rings. The highest BCUT2D eigenvalue weighted by Crippen LogP contribution is 2.09. The first-order valence-electron chi connectivity index (χ1n) is 5.42. The van der Waals surface area contributed by atoms with Crippen molar-refractivity contribution in [3.05, 3.63) is 24.0 Å². The number of nitrogens with zero attached hydrogens (tertiary/aromatic N) is 2. The third-order valence-corrected chi connectivity index (χ3v) is 2.32. The Labute approximate surface area is 92.5 Å². The van der Waals surface area contributed by atoms with E-state index in [0.717, 1.165) is 24.3 Å². The Morgan fingerprint density at radius 1 is 1.47 bits per heavy atom. The van der Waals surface area contributed by atoms with Crippen molar-refractivity contribution in [2.24, 2.45) is 0 Å². The zero-order chi connectivity index (χ0) is 11.3. The van der Waals surface area contributed by atoms with Crippen molar-refractivity contribution >= 4 is 5.69 Å². The molecular formula is C12H21N3. The summed E-state index contributed by atoms with van der Waals surface area (Å²) in [7, 11) is 4.20. The molecule has 0 radical (unpaired) electrons. The number of hydrogen-bond acceptors (Lipinski definition) is 3. The van der Waals surface area contributed by atoms with Gasteiger partial charge in [0, 0.05) is 23.6 Å². The van der Waals surface area contributed by atoms with Crippen LogP contribution in [0.3, 0.4) is 0 Å². The van der Waals surface area contributed by atoms with Crippen molar-refractivity contribution < 1.29 is 0 Å². The molecule has 1 N–H and O–H groups in total. The first kappa shape index (κ1) is 12.0. The summed E-state index contributed by atoms with van der Waals surface area (Å²) in [6.45, 7) is 5.33. The van der Waals surface area contributed by atoms with Gasteiger partial charge in [-0.15, -0.1) is 0 Å². The highest BCUT2D eigenvalue weighted by molar-refractivity contribution is 5.43. The molecule has 1 rings (SSSR count). The summed E-state index contributed by atoms with van der Waals surface area (Å²) in [4.78, 5) is 6.38. The van der Waals surface area contributed by atoms with Crippen molar-refractivity contribution in [3.8, 4) is 0 Å². The SMILES string of the molecule is Cc1cc(NC(C)CCN(C)C)ccn1. The number of pyridine rings is 1. The lowest BCUT2D eigenvalue weighted by Crippen LogP contribution is -2.23. The highest BCUT2D eigenvalue weighted by Gasteiger charge is 2.02. The van der Waals surface area contributed by atoms with Crippen molar-refractivity contribution in [1.82, 2.24) is 9.88 Å². The van der Waals surface area contributed by atoms with Crippen molar-refractivity contribution in [1.29, 1.82) is 0 Å². The van der Waals surface area contributed by atoms with E-state index in [1.165, 1.54) is 0 Å². The maximum Gasteiger partial charge on any atom is 0.0393 e. The molecule has 15 heavy (non-hydrogen) atoms. The van der Waals surface area contributed by atoms with Crippen molar-refractivity contribution in [2.45, 2.75) is 26.3 Å². The molecule has 0 amide bonds. The summed E-state index contributed by atoms with van der Waals surface area (Å²) < 4.78 is 0. The maximum atomic E-state index is 4.17. The molecule has 0 saturated carbocycles. The number of aryl methyl sites for hydroxylation is 1. The minimum atomic E-state index is 0.495. The van der Waals surface area contributed by atoms with E-state index in [2.05, 4.69) is 42.3 Å². The van der Waals surface area contributed by atoms with Crippen LogP contribution < -0.4 is 5.32 Å². The summed E-state index contributed by atoms with van der Waals surface area (Å²) in [6, 6.07) is 4.58. The molecule has 0 bridgehead atoms. The second kappa shape index (κ2) is 5.71. The molecule has 1 aromatic heterocycles. The molecule has 0 aliphatic carbocycles. The van der Waals surface area contributed by atoms with Crippen molar-refractivity contribution in [3.63, 3.8) is 0 Å². The van der Waals surface area contributed by atoms with E-state index in [0.29, 0.717) is 6.04 Å². The number of anilines is 1. The molecule has 1 atom stereocenters. The van der Waals surface area contributed by atoms with Crippen LogP contribution in [0.15, 0.2) is 18.3 Å². The zero-order valence-corrected chi connectivity index (χ0v) is 10.1. The Balaban J connectivity index is 2.40. The number of hydrogen-bond donors (Lipinski definition) is 1.